The lowest BCUT2D eigenvalue weighted by Crippen LogP contribution is -2.58. The van der Waals surface area contributed by atoms with Gasteiger partial charge in [-0.05, 0) is 53.4 Å². The van der Waals surface area contributed by atoms with E-state index >= 15 is 0 Å². The maximum Gasteiger partial charge on any atom is 0.410 e. The fourth-order valence-corrected chi connectivity index (χ4v) is 3.76. The van der Waals surface area contributed by atoms with Crippen molar-refractivity contribution in [3.05, 3.63) is 24.0 Å². The normalized spacial score (nSPS) is 23.7. The molecule has 2 fully saturated rings. The molecule has 0 N–H and O–H groups in total. The quantitative estimate of drug-likeness (QED) is 0.560. The number of esters is 1. The van der Waals surface area contributed by atoms with Crippen LogP contribution in [0.2, 0.25) is 0 Å². The van der Waals surface area contributed by atoms with Gasteiger partial charge in [-0.15, -0.1) is 0 Å². The minimum atomic E-state index is -0.540. The molecular weight excluding hydrogens is 332 g/mol. The highest BCUT2D eigenvalue weighted by Crippen LogP contribution is 2.38. The predicted octanol–water partition coefficient (Wildman–Crippen LogP) is 3.83. The highest BCUT2D eigenvalue weighted by Gasteiger charge is 2.46. The van der Waals surface area contributed by atoms with Gasteiger partial charge in [0.1, 0.15) is 11.3 Å². The van der Waals surface area contributed by atoms with Crippen LogP contribution in [0.5, 0.6) is 0 Å². The minimum absolute atomic E-state index is 0.0185. The molecule has 2 rings (SSSR count). The first-order chi connectivity index (χ1) is 12.2. The fourth-order valence-electron chi connectivity index (χ4n) is 3.76. The summed E-state index contributed by atoms with van der Waals surface area (Å²) < 4.78 is 10.8. The van der Waals surface area contributed by atoms with Gasteiger partial charge in [-0.25, -0.2) is 9.59 Å². The van der Waals surface area contributed by atoms with Gasteiger partial charge in [0.05, 0.1) is 25.2 Å². The van der Waals surface area contributed by atoms with E-state index in [0.29, 0.717) is 18.8 Å². The third-order valence-corrected chi connectivity index (χ3v) is 4.64. The number of carbonyl (C=O) groups excluding carboxylic acids is 2. The number of hydrogen-bond acceptors (Lipinski definition) is 5. The SMILES string of the molecule is C=C1CN(C(=O)OC(C)(C)C)[C@H]2CCC[C@H]2N1/C(=C\CC)C(=O)OCC. The van der Waals surface area contributed by atoms with Crippen molar-refractivity contribution in [3.8, 4) is 0 Å². The second-order valence-electron chi connectivity index (χ2n) is 7.83. The summed E-state index contributed by atoms with van der Waals surface area (Å²) in [6.45, 7) is 14.2. The fraction of sp³-hybridized carbons (Fsp3) is 0.700. The third-order valence-electron chi connectivity index (χ3n) is 4.64. The van der Waals surface area contributed by atoms with Crippen LogP contribution in [0.4, 0.5) is 4.79 Å². The number of fused-ring (bicyclic) bond motifs is 1. The van der Waals surface area contributed by atoms with Crippen LogP contribution in [0.3, 0.4) is 0 Å². The molecule has 2 atom stereocenters. The van der Waals surface area contributed by atoms with E-state index in [-0.39, 0.29) is 24.1 Å². The van der Waals surface area contributed by atoms with Gasteiger partial charge >= 0.3 is 12.1 Å². The maximum absolute atomic E-state index is 12.7. The number of hydrogen-bond donors (Lipinski definition) is 0. The molecular formula is C20H32N2O4. The molecule has 6 nitrogen and oxygen atoms in total. The van der Waals surface area contributed by atoms with E-state index in [9.17, 15) is 9.59 Å². The van der Waals surface area contributed by atoms with Crippen molar-refractivity contribution in [2.45, 2.75) is 78.0 Å². The molecule has 0 bridgehead atoms. The number of amides is 1. The number of rotatable bonds is 4. The summed E-state index contributed by atoms with van der Waals surface area (Å²) in [7, 11) is 0. The van der Waals surface area contributed by atoms with E-state index in [2.05, 4.69) is 6.58 Å². The van der Waals surface area contributed by atoms with Crippen molar-refractivity contribution < 1.29 is 19.1 Å². The Morgan fingerprint density at radius 1 is 1.23 bits per heavy atom. The molecule has 0 aromatic heterocycles. The highest BCUT2D eigenvalue weighted by atomic mass is 16.6. The van der Waals surface area contributed by atoms with Crippen LogP contribution in [0.1, 0.15) is 60.3 Å². The molecule has 1 aliphatic heterocycles. The highest BCUT2D eigenvalue weighted by molar-refractivity contribution is 5.88. The molecule has 6 heteroatoms. The van der Waals surface area contributed by atoms with E-state index in [0.717, 1.165) is 31.4 Å². The largest absolute Gasteiger partial charge is 0.461 e. The van der Waals surface area contributed by atoms with Gasteiger partial charge in [-0.2, -0.15) is 0 Å². The van der Waals surface area contributed by atoms with Crippen molar-refractivity contribution in [1.82, 2.24) is 9.80 Å². The molecule has 146 valence electrons. The van der Waals surface area contributed by atoms with Crippen LogP contribution >= 0.6 is 0 Å². The Hall–Kier alpha value is -1.98. The van der Waals surface area contributed by atoms with Crippen LogP contribution in [0, 0.1) is 0 Å². The van der Waals surface area contributed by atoms with E-state index in [4.69, 9.17) is 9.47 Å². The lowest BCUT2D eigenvalue weighted by molar-refractivity contribution is -0.140. The molecule has 1 heterocycles. The van der Waals surface area contributed by atoms with Gasteiger partial charge in [-0.3, -0.25) is 4.90 Å². The van der Waals surface area contributed by atoms with Crippen molar-refractivity contribution in [2.24, 2.45) is 0 Å². The van der Waals surface area contributed by atoms with Crippen LogP contribution in [0.25, 0.3) is 0 Å². The summed E-state index contributed by atoms with van der Waals surface area (Å²) in [6.07, 6.45) is 5.11. The third kappa shape index (κ3) is 4.40. The van der Waals surface area contributed by atoms with E-state index < -0.39 is 5.60 Å². The lowest BCUT2D eigenvalue weighted by atomic mass is 10.0. The zero-order chi connectivity index (χ0) is 19.5. The number of piperazine rings is 1. The number of carbonyl (C=O) groups is 2. The van der Waals surface area contributed by atoms with Gasteiger partial charge in [-0.1, -0.05) is 19.6 Å². The Morgan fingerprint density at radius 2 is 1.88 bits per heavy atom. The van der Waals surface area contributed by atoms with E-state index in [1.807, 2.05) is 38.7 Å². The second-order valence-corrected chi connectivity index (χ2v) is 7.83. The lowest BCUT2D eigenvalue weighted by Gasteiger charge is -2.47. The van der Waals surface area contributed by atoms with Crippen LogP contribution in [0.15, 0.2) is 24.0 Å². The smallest absolute Gasteiger partial charge is 0.410 e. The molecule has 1 saturated carbocycles. The first-order valence-corrected chi connectivity index (χ1v) is 9.53. The average Bonchev–Trinajstić information content (AvgIpc) is 3.00. The van der Waals surface area contributed by atoms with Gasteiger partial charge in [0.15, 0.2) is 0 Å². The summed E-state index contributed by atoms with van der Waals surface area (Å²) in [5, 5.41) is 0. The van der Waals surface area contributed by atoms with Crippen LogP contribution in [-0.2, 0) is 14.3 Å². The Balaban J connectivity index is 2.28. The Bertz CT molecular complexity index is 591. The first-order valence-electron chi connectivity index (χ1n) is 9.53. The number of nitrogens with zero attached hydrogens (tertiary/aromatic N) is 2. The molecule has 0 aromatic carbocycles. The van der Waals surface area contributed by atoms with Gasteiger partial charge in [0.2, 0.25) is 0 Å². The Labute approximate surface area is 156 Å². The van der Waals surface area contributed by atoms with E-state index in [1.165, 1.54) is 0 Å². The molecule has 1 amide bonds. The first kappa shape index (κ1) is 20.3. The number of allylic oxidation sites excluding steroid dienone is 1. The zero-order valence-electron chi connectivity index (χ0n) is 16.7. The van der Waals surface area contributed by atoms with Crippen LogP contribution in [-0.4, -0.2) is 52.7 Å². The van der Waals surface area contributed by atoms with Crippen molar-refractivity contribution in [1.29, 1.82) is 0 Å². The summed E-state index contributed by atoms with van der Waals surface area (Å²) in [4.78, 5) is 28.9. The predicted molar refractivity (Wildman–Crippen MR) is 100 cm³/mol. The van der Waals surface area contributed by atoms with Crippen molar-refractivity contribution in [2.75, 3.05) is 13.2 Å². The molecule has 0 unspecified atom stereocenters. The molecule has 0 spiro atoms. The monoisotopic (exact) mass is 364 g/mol. The average molecular weight is 364 g/mol. The Morgan fingerprint density at radius 3 is 2.46 bits per heavy atom. The zero-order valence-corrected chi connectivity index (χ0v) is 16.7. The maximum atomic E-state index is 12.7. The Kier molecular flexibility index (Phi) is 6.37. The molecule has 2 aliphatic rings. The summed E-state index contributed by atoms with van der Waals surface area (Å²) in [5.74, 6) is -0.327. The molecule has 1 saturated heterocycles. The summed E-state index contributed by atoms with van der Waals surface area (Å²) in [5.41, 5.74) is 0.730. The summed E-state index contributed by atoms with van der Waals surface area (Å²) >= 11 is 0. The molecule has 26 heavy (non-hydrogen) atoms. The summed E-state index contributed by atoms with van der Waals surface area (Å²) in [6, 6.07) is 0.0519. The van der Waals surface area contributed by atoms with E-state index in [1.54, 1.807) is 11.8 Å². The molecule has 1 aliphatic carbocycles. The molecule has 0 aromatic rings. The second kappa shape index (κ2) is 8.14. The standard InChI is InChI=1S/C20H32N2O4/c1-7-10-17(18(23)25-8-2)22-14(3)13-21(15-11-9-12-16(15)22)19(24)26-20(4,5)6/h10,15-16H,3,7-9,11-13H2,1-2,4-6H3/b17-10-/t15-,16+/m0/s1. The molecule has 0 radical (unpaired) electrons. The topological polar surface area (TPSA) is 59.1 Å². The minimum Gasteiger partial charge on any atom is -0.461 e. The van der Waals surface area contributed by atoms with Gasteiger partial charge in [0, 0.05) is 5.70 Å². The van der Waals surface area contributed by atoms with Crippen LogP contribution < -0.4 is 0 Å². The van der Waals surface area contributed by atoms with Gasteiger partial charge < -0.3 is 14.4 Å². The van der Waals surface area contributed by atoms with Crippen molar-refractivity contribution >= 4 is 12.1 Å². The van der Waals surface area contributed by atoms with Gasteiger partial charge in [0.25, 0.3) is 0 Å². The van der Waals surface area contributed by atoms with Crippen molar-refractivity contribution in [3.63, 3.8) is 0 Å². The number of ether oxygens (including phenoxy) is 2.